The molecule has 2 atom stereocenters. The molecule has 1 aromatic heterocycles. The summed E-state index contributed by atoms with van der Waals surface area (Å²) < 4.78 is 1.98. The molecule has 1 aliphatic carbocycles. The molecule has 0 bridgehead atoms. The van der Waals surface area contributed by atoms with Gasteiger partial charge in [-0.1, -0.05) is 13.8 Å². The quantitative estimate of drug-likeness (QED) is 0.802. The molecule has 0 radical (unpaired) electrons. The van der Waals surface area contributed by atoms with Crippen molar-refractivity contribution in [2.45, 2.75) is 33.6 Å². The number of hydrogen-bond acceptors (Lipinski definition) is 2. The summed E-state index contributed by atoms with van der Waals surface area (Å²) in [5.41, 5.74) is 10.1. The highest BCUT2D eigenvalue weighted by atomic mass is 15.3. The van der Waals surface area contributed by atoms with E-state index in [4.69, 9.17) is 5.73 Å². The van der Waals surface area contributed by atoms with E-state index in [1.54, 1.807) is 0 Å². The lowest BCUT2D eigenvalue weighted by molar-refractivity contribution is 0.558. The minimum absolute atomic E-state index is 0.354. The van der Waals surface area contributed by atoms with E-state index in [-0.39, 0.29) is 0 Å². The molecule has 0 saturated heterocycles. The van der Waals surface area contributed by atoms with Gasteiger partial charge in [-0.3, -0.25) is 4.68 Å². The highest BCUT2D eigenvalue weighted by molar-refractivity contribution is 5.38. The Kier molecular flexibility index (Phi) is 2.19. The van der Waals surface area contributed by atoms with E-state index in [2.05, 4.69) is 32.8 Å². The van der Waals surface area contributed by atoms with Gasteiger partial charge in [0.1, 0.15) is 0 Å². The van der Waals surface area contributed by atoms with E-state index in [1.807, 2.05) is 11.7 Å². The van der Waals surface area contributed by atoms with E-state index in [9.17, 15) is 0 Å². The van der Waals surface area contributed by atoms with Crippen LogP contribution >= 0.6 is 0 Å². The van der Waals surface area contributed by atoms with E-state index in [1.165, 1.54) is 17.0 Å². The van der Waals surface area contributed by atoms with Crippen LogP contribution in [0.2, 0.25) is 0 Å². The van der Waals surface area contributed by atoms with Gasteiger partial charge in [-0.05, 0) is 43.2 Å². The first-order valence-electron chi connectivity index (χ1n) is 5.61. The maximum absolute atomic E-state index is 5.82. The highest BCUT2D eigenvalue weighted by Crippen LogP contribution is 2.64. The van der Waals surface area contributed by atoms with Gasteiger partial charge in [0, 0.05) is 12.7 Å². The largest absolute Gasteiger partial charge is 0.330 e. The topological polar surface area (TPSA) is 43.8 Å². The molecule has 1 aliphatic rings. The molecule has 84 valence electrons. The Balaban J connectivity index is 2.40. The summed E-state index contributed by atoms with van der Waals surface area (Å²) in [6.07, 6.45) is 0. The molecule has 0 amide bonds. The molecule has 0 aromatic carbocycles. The summed E-state index contributed by atoms with van der Waals surface area (Å²) >= 11 is 0. The fourth-order valence-electron chi connectivity index (χ4n) is 3.00. The zero-order valence-corrected chi connectivity index (χ0v) is 10.3. The van der Waals surface area contributed by atoms with Crippen molar-refractivity contribution in [3.05, 3.63) is 17.0 Å². The van der Waals surface area contributed by atoms with Gasteiger partial charge in [0.05, 0.1) is 5.69 Å². The first-order chi connectivity index (χ1) is 6.91. The first kappa shape index (κ1) is 10.7. The summed E-state index contributed by atoms with van der Waals surface area (Å²) in [4.78, 5) is 0. The Morgan fingerprint density at radius 1 is 1.40 bits per heavy atom. The molecule has 0 unspecified atom stereocenters. The molecule has 1 saturated carbocycles. The van der Waals surface area contributed by atoms with Crippen LogP contribution in [0.5, 0.6) is 0 Å². The molecule has 1 aromatic rings. The Bertz CT molecular complexity index is 390. The Hall–Kier alpha value is -0.830. The lowest BCUT2D eigenvalue weighted by Crippen LogP contribution is -2.05. The Morgan fingerprint density at radius 2 is 2.00 bits per heavy atom. The van der Waals surface area contributed by atoms with E-state index in [0.717, 1.165) is 6.54 Å². The van der Waals surface area contributed by atoms with Gasteiger partial charge in [-0.2, -0.15) is 5.10 Å². The lowest BCUT2D eigenvalue weighted by atomic mass is 10.0. The van der Waals surface area contributed by atoms with Gasteiger partial charge in [0.15, 0.2) is 0 Å². The van der Waals surface area contributed by atoms with Crippen molar-refractivity contribution < 1.29 is 0 Å². The van der Waals surface area contributed by atoms with Crippen molar-refractivity contribution in [1.82, 2.24) is 9.78 Å². The molecule has 0 spiro atoms. The lowest BCUT2D eigenvalue weighted by Gasteiger charge is -2.03. The summed E-state index contributed by atoms with van der Waals surface area (Å²) in [6, 6.07) is 0. The van der Waals surface area contributed by atoms with Crippen molar-refractivity contribution in [2.75, 3.05) is 6.54 Å². The van der Waals surface area contributed by atoms with E-state index >= 15 is 0 Å². The van der Waals surface area contributed by atoms with Gasteiger partial charge >= 0.3 is 0 Å². The van der Waals surface area contributed by atoms with Gasteiger partial charge < -0.3 is 5.73 Å². The standard InChI is InChI=1S/C12H21N3/c1-7-10(8(2)15(5)14-7)11-9(6-13)12(11,3)4/h9,11H,6,13H2,1-5H3/t9-,11+/m0/s1. The fourth-order valence-corrected chi connectivity index (χ4v) is 3.00. The van der Waals surface area contributed by atoms with Crippen LogP contribution in [0.25, 0.3) is 0 Å². The van der Waals surface area contributed by atoms with Crippen LogP contribution in [0.1, 0.15) is 36.7 Å². The average Bonchev–Trinajstić information content (AvgIpc) is 2.58. The van der Waals surface area contributed by atoms with Gasteiger partial charge in [0.2, 0.25) is 0 Å². The van der Waals surface area contributed by atoms with Crippen LogP contribution in [0.4, 0.5) is 0 Å². The second-order valence-corrected chi connectivity index (χ2v) is 5.35. The number of aryl methyl sites for hydroxylation is 2. The molecule has 3 heteroatoms. The second-order valence-electron chi connectivity index (χ2n) is 5.35. The predicted molar refractivity (Wildman–Crippen MR) is 61.7 cm³/mol. The maximum atomic E-state index is 5.82. The minimum Gasteiger partial charge on any atom is -0.330 e. The normalized spacial score (nSPS) is 28.1. The third kappa shape index (κ3) is 1.33. The van der Waals surface area contributed by atoms with Crippen LogP contribution < -0.4 is 5.73 Å². The van der Waals surface area contributed by atoms with Crippen LogP contribution in [-0.4, -0.2) is 16.3 Å². The Labute approximate surface area is 91.7 Å². The van der Waals surface area contributed by atoms with Gasteiger partial charge in [-0.25, -0.2) is 0 Å². The van der Waals surface area contributed by atoms with E-state index in [0.29, 0.717) is 17.3 Å². The first-order valence-corrected chi connectivity index (χ1v) is 5.61. The van der Waals surface area contributed by atoms with E-state index < -0.39 is 0 Å². The minimum atomic E-state index is 0.354. The molecule has 2 N–H and O–H groups in total. The van der Waals surface area contributed by atoms with Crippen molar-refractivity contribution >= 4 is 0 Å². The van der Waals surface area contributed by atoms with Crippen molar-refractivity contribution in [3.8, 4) is 0 Å². The number of aromatic nitrogens is 2. The third-order valence-corrected chi connectivity index (χ3v) is 4.18. The average molecular weight is 207 g/mol. The smallest absolute Gasteiger partial charge is 0.0631 e. The maximum Gasteiger partial charge on any atom is 0.0631 e. The molecule has 2 rings (SSSR count). The molecule has 0 aliphatic heterocycles. The number of hydrogen-bond donors (Lipinski definition) is 1. The van der Waals surface area contributed by atoms with Crippen LogP contribution in [-0.2, 0) is 7.05 Å². The Morgan fingerprint density at radius 3 is 2.33 bits per heavy atom. The summed E-state index contributed by atoms with van der Waals surface area (Å²) in [5, 5.41) is 4.48. The molecule has 1 fully saturated rings. The number of nitrogens with two attached hydrogens (primary N) is 1. The van der Waals surface area contributed by atoms with Crippen LogP contribution in [0.3, 0.4) is 0 Å². The molecule has 3 nitrogen and oxygen atoms in total. The number of nitrogens with zero attached hydrogens (tertiary/aromatic N) is 2. The van der Waals surface area contributed by atoms with Crippen molar-refractivity contribution in [1.29, 1.82) is 0 Å². The van der Waals surface area contributed by atoms with Gasteiger partial charge in [0.25, 0.3) is 0 Å². The molecular formula is C12H21N3. The highest BCUT2D eigenvalue weighted by Gasteiger charge is 2.58. The molecule has 1 heterocycles. The summed E-state index contributed by atoms with van der Waals surface area (Å²) in [6.45, 7) is 9.65. The molecular weight excluding hydrogens is 186 g/mol. The zero-order valence-electron chi connectivity index (χ0n) is 10.3. The summed E-state index contributed by atoms with van der Waals surface area (Å²) in [7, 11) is 2.01. The van der Waals surface area contributed by atoms with Gasteiger partial charge in [-0.15, -0.1) is 0 Å². The van der Waals surface area contributed by atoms with Crippen LogP contribution in [0, 0.1) is 25.2 Å². The third-order valence-electron chi connectivity index (χ3n) is 4.18. The summed E-state index contributed by atoms with van der Waals surface area (Å²) in [5.74, 6) is 1.23. The second kappa shape index (κ2) is 3.08. The van der Waals surface area contributed by atoms with Crippen LogP contribution in [0.15, 0.2) is 0 Å². The van der Waals surface area contributed by atoms with Crippen molar-refractivity contribution in [3.63, 3.8) is 0 Å². The van der Waals surface area contributed by atoms with Crippen molar-refractivity contribution in [2.24, 2.45) is 24.1 Å². The zero-order chi connectivity index (χ0) is 11.4. The number of rotatable bonds is 2. The molecule has 15 heavy (non-hydrogen) atoms. The monoisotopic (exact) mass is 207 g/mol. The fraction of sp³-hybridized carbons (Fsp3) is 0.750. The predicted octanol–water partition coefficient (Wildman–Crippen LogP) is 1.74. The SMILES string of the molecule is Cc1nn(C)c(C)c1[C@H]1[C@H](CN)C1(C)C.